The van der Waals surface area contributed by atoms with Crippen LogP contribution in [0.25, 0.3) is 0 Å². The number of epoxide rings is 2. The molecule has 5 nitrogen and oxygen atoms in total. The summed E-state index contributed by atoms with van der Waals surface area (Å²) in [5.41, 5.74) is 4.23. The number of benzene rings is 1. The number of ether oxygens (including phenoxy) is 4. The quantitative estimate of drug-likeness (QED) is 0.205. The van der Waals surface area contributed by atoms with Gasteiger partial charge < -0.3 is 24.1 Å². The van der Waals surface area contributed by atoms with Gasteiger partial charge in [-0.2, -0.15) is 0 Å². The standard InChI is InChI=1S/C29H50O2.C6H10O3/c1-20(2)12-9-13-21(3)14-10-15-22(4)16-11-18-29(8)19-17-26-25(7)27(30)23(5)24(6)28(26)31-29;1(5-3-8-5)7-2-6-4-9-6/h20-22,30H,9-19H2,1-8H3;5-6H,1-4H2/t21-,22-,29-;/m1./s1. The lowest BCUT2D eigenvalue weighted by Gasteiger charge is -2.38. The molecule has 0 bridgehead atoms. The monoisotopic (exact) mass is 560 g/mol. The van der Waals surface area contributed by atoms with Crippen molar-refractivity contribution in [2.75, 3.05) is 26.4 Å². The van der Waals surface area contributed by atoms with Crippen molar-refractivity contribution in [3.8, 4) is 11.5 Å². The van der Waals surface area contributed by atoms with Crippen molar-refractivity contribution in [1.29, 1.82) is 0 Å². The first kappa shape index (κ1) is 33.2. The van der Waals surface area contributed by atoms with Gasteiger partial charge in [-0.1, -0.05) is 72.6 Å². The van der Waals surface area contributed by atoms with Gasteiger partial charge in [0.15, 0.2) is 0 Å². The highest BCUT2D eigenvalue weighted by Crippen LogP contribution is 2.44. The Morgan fingerprint density at radius 1 is 0.800 bits per heavy atom. The first-order valence-corrected chi connectivity index (χ1v) is 16.3. The molecule has 3 aliphatic heterocycles. The largest absolute Gasteiger partial charge is 0.507 e. The van der Waals surface area contributed by atoms with E-state index >= 15 is 0 Å². The first-order chi connectivity index (χ1) is 19.0. The molecule has 0 amide bonds. The summed E-state index contributed by atoms with van der Waals surface area (Å²) in [5.74, 6) is 4.04. The van der Waals surface area contributed by atoms with Gasteiger partial charge in [0.25, 0.3) is 0 Å². The minimum absolute atomic E-state index is 0.0712. The van der Waals surface area contributed by atoms with Crippen molar-refractivity contribution in [3.63, 3.8) is 0 Å². The summed E-state index contributed by atoms with van der Waals surface area (Å²) in [4.78, 5) is 0. The van der Waals surface area contributed by atoms with Crippen LogP contribution in [0.15, 0.2) is 0 Å². The summed E-state index contributed by atoms with van der Waals surface area (Å²) in [7, 11) is 0. The molecule has 2 fully saturated rings. The molecule has 1 aromatic carbocycles. The summed E-state index contributed by atoms with van der Waals surface area (Å²) in [5, 5.41) is 10.4. The highest BCUT2D eigenvalue weighted by atomic mass is 16.6. The van der Waals surface area contributed by atoms with Gasteiger partial charge in [0.1, 0.15) is 29.3 Å². The smallest absolute Gasteiger partial charge is 0.127 e. The van der Waals surface area contributed by atoms with Gasteiger partial charge in [0, 0.05) is 5.56 Å². The minimum atomic E-state index is -0.0712. The number of hydrogen-bond acceptors (Lipinski definition) is 5. The van der Waals surface area contributed by atoms with Gasteiger partial charge in [-0.05, 0) is 87.8 Å². The summed E-state index contributed by atoms with van der Waals surface area (Å²) in [6.45, 7) is 21.2. The molecule has 3 aliphatic rings. The number of phenolic OH excluding ortho intramolecular Hbond substituents is 1. The third-order valence-corrected chi connectivity index (χ3v) is 9.28. The van der Waals surface area contributed by atoms with Crippen molar-refractivity contribution in [2.45, 2.75) is 144 Å². The fraction of sp³-hybridized carbons (Fsp3) is 0.829. The summed E-state index contributed by atoms with van der Waals surface area (Å²) < 4.78 is 21.7. The molecular weight excluding hydrogens is 500 g/mol. The lowest BCUT2D eigenvalue weighted by atomic mass is 9.84. The summed E-state index contributed by atoms with van der Waals surface area (Å²) >= 11 is 0. The second-order valence-electron chi connectivity index (χ2n) is 13.9. The highest BCUT2D eigenvalue weighted by Gasteiger charge is 2.34. The maximum atomic E-state index is 10.4. The Morgan fingerprint density at radius 3 is 1.85 bits per heavy atom. The molecule has 1 N–H and O–H groups in total. The van der Waals surface area contributed by atoms with E-state index in [1.165, 1.54) is 56.9 Å². The van der Waals surface area contributed by atoms with Crippen molar-refractivity contribution >= 4 is 0 Å². The molecule has 4 rings (SSSR count). The average Bonchev–Trinajstić information content (AvgIpc) is 3.83. The molecule has 0 aliphatic carbocycles. The molecule has 230 valence electrons. The summed E-state index contributed by atoms with van der Waals surface area (Å²) in [6.07, 6.45) is 14.8. The lowest BCUT2D eigenvalue weighted by Crippen LogP contribution is -2.37. The number of hydrogen-bond donors (Lipinski definition) is 1. The predicted octanol–water partition coefficient (Wildman–Crippen LogP) is 8.64. The number of rotatable bonds is 16. The molecule has 0 saturated carbocycles. The van der Waals surface area contributed by atoms with E-state index in [1.54, 1.807) is 0 Å². The first-order valence-electron chi connectivity index (χ1n) is 16.3. The second kappa shape index (κ2) is 15.8. The molecule has 0 spiro atoms. The Hall–Kier alpha value is -1.30. The SMILES string of the molecule is C(OCC1CO1)C1CO1.Cc1c(C)c2c(c(C)c1O)CC[C@@](C)(CCC[C@H](C)CCC[C@H](C)CCCC(C)C)O2. The molecular formula is C35H60O5. The average molecular weight is 561 g/mol. The van der Waals surface area contributed by atoms with E-state index in [2.05, 4.69) is 41.5 Å². The maximum absolute atomic E-state index is 10.4. The number of fused-ring (bicyclic) bond motifs is 1. The normalized spacial score (nSPS) is 24.5. The fourth-order valence-corrected chi connectivity index (χ4v) is 5.93. The number of phenols is 1. The van der Waals surface area contributed by atoms with Crippen LogP contribution in [0.4, 0.5) is 0 Å². The third kappa shape index (κ3) is 11.2. The molecule has 0 radical (unpaired) electrons. The van der Waals surface area contributed by atoms with Crippen LogP contribution in [0, 0.1) is 38.5 Å². The maximum Gasteiger partial charge on any atom is 0.127 e. The zero-order chi connectivity index (χ0) is 29.3. The predicted molar refractivity (Wildman–Crippen MR) is 165 cm³/mol. The molecule has 5 heteroatoms. The van der Waals surface area contributed by atoms with Crippen LogP contribution in [0.1, 0.15) is 121 Å². The molecule has 0 aromatic heterocycles. The molecule has 5 atom stereocenters. The molecule has 2 unspecified atom stereocenters. The van der Waals surface area contributed by atoms with E-state index < -0.39 is 0 Å². The number of aromatic hydroxyl groups is 1. The molecule has 40 heavy (non-hydrogen) atoms. The van der Waals surface area contributed by atoms with Gasteiger partial charge in [0.2, 0.25) is 0 Å². The van der Waals surface area contributed by atoms with E-state index in [4.69, 9.17) is 18.9 Å². The van der Waals surface area contributed by atoms with Gasteiger partial charge in [-0.15, -0.1) is 0 Å². The Bertz CT molecular complexity index is 892. The van der Waals surface area contributed by atoms with E-state index in [-0.39, 0.29) is 5.60 Å². The van der Waals surface area contributed by atoms with E-state index in [1.807, 2.05) is 13.8 Å². The van der Waals surface area contributed by atoms with Crippen LogP contribution >= 0.6 is 0 Å². The fourth-order valence-electron chi connectivity index (χ4n) is 5.93. The van der Waals surface area contributed by atoms with Crippen molar-refractivity contribution in [1.82, 2.24) is 0 Å². The zero-order valence-electron chi connectivity index (χ0n) is 27.1. The third-order valence-electron chi connectivity index (χ3n) is 9.28. The van der Waals surface area contributed by atoms with E-state index in [9.17, 15) is 5.11 Å². The van der Waals surface area contributed by atoms with Gasteiger partial charge >= 0.3 is 0 Å². The zero-order valence-corrected chi connectivity index (χ0v) is 27.1. The van der Waals surface area contributed by atoms with Crippen LogP contribution in [-0.2, 0) is 20.6 Å². The molecule has 2 saturated heterocycles. The Balaban J connectivity index is 0.000000407. The molecule has 1 aromatic rings. The van der Waals surface area contributed by atoms with Crippen LogP contribution in [0.3, 0.4) is 0 Å². The van der Waals surface area contributed by atoms with E-state index in [0.29, 0.717) is 18.0 Å². The molecule has 3 heterocycles. The van der Waals surface area contributed by atoms with E-state index in [0.717, 1.165) is 85.9 Å². The van der Waals surface area contributed by atoms with Crippen LogP contribution < -0.4 is 4.74 Å². The Labute approximate surface area is 245 Å². The van der Waals surface area contributed by atoms with Crippen LogP contribution in [0.2, 0.25) is 0 Å². The topological polar surface area (TPSA) is 63.8 Å². The minimum Gasteiger partial charge on any atom is -0.507 e. The second-order valence-corrected chi connectivity index (χ2v) is 13.9. The highest BCUT2D eigenvalue weighted by molar-refractivity contribution is 5.58. The van der Waals surface area contributed by atoms with Crippen molar-refractivity contribution in [3.05, 3.63) is 22.3 Å². The van der Waals surface area contributed by atoms with Crippen molar-refractivity contribution in [2.24, 2.45) is 17.8 Å². The van der Waals surface area contributed by atoms with Gasteiger partial charge in [-0.25, -0.2) is 0 Å². The lowest BCUT2D eigenvalue weighted by molar-refractivity contribution is 0.0512. The van der Waals surface area contributed by atoms with Gasteiger partial charge in [0.05, 0.1) is 26.4 Å². The van der Waals surface area contributed by atoms with Crippen molar-refractivity contribution < 1.29 is 24.1 Å². The van der Waals surface area contributed by atoms with Crippen LogP contribution in [0.5, 0.6) is 11.5 Å². The van der Waals surface area contributed by atoms with Crippen LogP contribution in [-0.4, -0.2) is 49.3 Å². The Morgan fingerprint density at radius 2 is 1.32 bits per heavy atom. The Kier molecular flexibility index (Phi) is 13.1. The van der Waals surface area contributed by atoms with Gasteiger partial charge in [-0.3, -0.25) is 0 Å². The summed E-state index contributed by atoms with van der Waals surface area (Å²) in [6, 6.07) is 0.